The summed E-state index contributed by atoms with van der Waals surface area (Å²) in [6, 6.07) is 14.9. The molecule has 1 N–H and O–H groups in total. The van der Waals surface area contributed by atoms with Crippen LogP contribution in [0.4, 0.5) is 5.69 Å². The number of rotatable bonds is 7. The highest BCUT2D eigenvalue weighted by Gasteiger charge is 2.16. The molecule has 1 aromatic heterocycles. The van der Waals surface area contributed by atoms with E-state index in [-0.39, 0.29) is 12.0 Å². The van der Waals surface area contributed by atoms with Crippen LogP contribution in [0, 0.1) is 0 Å². The van der Waals surface area contributed by atoms with E-state index in [1.165, 1.54) is 6.33 Å². The van der Waals surface area contributed by atoms with Gasteiger partial charge in [-0.25, -0.2) is 9.67 Å². The highest BCUT2D eigenvalue weighted by Crippen LogP contribution is 2.18. The topological polar surface area (TPSA) is 78.3 Å². The van der Waals surface area contributed by atoms with Crippen molar-refractivity contribution in [1.82, 2.24) is 14.8 Å². The van der Waals surface area contributed by atoms with Crippen molar-refractivity contribution in [3.05, 3.63) is 72.3 Å². The van der Waals surface area contributed by atoms with Gasteiger partial charge in [0.05, 0.1) is 12.6 Å². The molecule has 1 aliphatic rings. The number of carbonyl (C=O) groups is 1. The Hall–Kier alpha value is -3.19. The fourth-order valence-corrected chi connectivity index (χ4v) is 3.09. The van der Waals surface area contributed by atoms with Crippen LogP contribution in [-0.4, -0.2) is 40.0 Å². The van der Waals surface area contributed by atoms with Crippen molar-refractivity contribution in [1.29, 1.82) is 0 Å². The maximum Gasteiger partial charge on any atom is 0.255 e. The standard InChI is InChI=1S/C21H22N4O3/c26-21(17-3-1-4-19(11-17)28-13-20-5-2-10-27-20)24-18-8-6-16(7-9-18)12-25-15-22-14-23-25/h1,3-4,6-9,11,14-15,20H,2,5,10,12-13H2,(H,24,26)/t20-/m1/s1. The molecule has 1 aliphatic heterocycles. The molecule has 0 aliphatic carbocycles. The minimum absolute atomic E-state index is 0.147. The summed E-state index contributed by atoms with van der Waals surface area (Å²) in [6.07, 6.45) is 5.42. The molecular weight excluding hydrogens is 356 g/mol. The zero-order valence-corrected chi connectivity index (χ0v) is 15.5. The van der Waals surface area contributed by atoms with Crippen LogP contribution in [0.3, 0.4) is 0 Å². The van der Waals surface area contributed by atoms with E-state index in [2.05, 4.69) is 15.4 Å². The van der Waals surface area contributed by atoms with Crippen molar-refractivity contribution in [3.63, 3.8) is 0 Å². The smallest absolute Gasteiger partial charge is 0.255 e. The minimum Gasteiger partial charge on any atom is -0.491 e. The third kappa shape index (κ3) is 4.75. The minimum atomic E-state index is -0.174. The number of benzene rings is 2. The number of hydrogen-bond acceptors (Lipinski definition) is 5. The van der Waals surface area contributed by atoms with E-state index in [4.69, 9.17) is 9.47 Å². The molecule has 144 valence electrons. The Labute approximate surface area is 163 Å². The van der Waals surface area contributed by atoms with Crippen LogP contribution < -0.4 is 10.1 Å². The Morgan fingerprint density at radius 3 is 2.89 bits per heavy atom. The van der Waals surface area contributed by atoms with Gasteiger partial charge in [0.2, 0.25) is 0 Å². The average Bonchev–Trinajstić information content (AvgIpc) is 3.42. The van der Waals surface area contributed by atoms with Crippen molar-refractivity contribution in [2.75, 3.05) is 18.5 Å². The first-order valence-corrected chi connectivity index (χ1v) is 9.33. The maximum absolute atomic E-state index is 12.6. The molecular formula is C21H22N4O3. The molecule has 2 heterocycles. The Morgan fingerprint density at radius 2 is 2.14 bits per heavy atom. The summed E-state index contributed by atoms with van der Waals surface area (Å²) >= 11 is 0. The molecule has 1 fully saturated rings. The molecule has 0 unspecified atom stereocenters. The van der Waals surface area contributed by atoms with Crippen LogP contribution in [0.1, 0.15) is 28.8 Å². The van der Waals surface area contributed by atoms with Crippen molar-refractivity contribution in [3.8, 4) is 5.75 Å². The van der Waals surface area contributed by atoms with E-state index < -0.39 is 0 Å². The summed E-state index contributed by atoms with van der Waals surface area (Å²) in [7, 11) is 0. The van der Waals surface area contributed by atoms with Gasteiger partial charge < -0.3 is 14.8 Å². The number of ether oxygens (including phenoxy) is 2. The monoisotopic (exact) mass is 378 g/mol. The Morgan fingerprint density at radius 1 is 1.25 bits per heavy atom. The molecule has 1 amide bonds. The largest absolute Gasteiger partial charge is 0.491 e. The molecule has 3 aromatic rings. The number of aromatic nitrogens is 3. The Balaban J connectivity index is 1.34. The van der Waals surface area contributed by atoms with E-state index >= 15 is 0 Å². The highest BCUT2D eigenvalue weighted by molar-refractivity contribution is 6.04. The van der Waals surface area contributed by atoms with Crippen LogP contribution in [0.5, 0.6) is 5.75 Å². The number of nitrogens with one attached hydrogen (secondary N) is 1. The lowest BCUT2D eigenvalue weighted by Crippen LogP contribution is -2.17. The molecule has 0 bridgehead atoms. The first-order valence-electron chi connectivity index (χ1n) is 9.33. The molecule has 1 atom stereocenters. The van der Waals surface area contributed by atoms with Gasteiger partial charge in [0.25, 0.3) is 5.91 Å². The van der Waals surface area contributed by atoms with Crippen molar-refractivity contribution in [2.45, 2.75) is 25.5 Å². The van der Waals surface area contributed by atoms with Crippen LogP contribution in [-0.2, 0) is 11.3 Å². The van der Waals surface area contributed by atoms with Crippen LogP contribution >= 0.6 is 0 Å². The summed E-state index contributed by atoms with van der Waals surface area (Å²) in [5, 5.41) is 7.00. The van der Waals surface area contributed by atoms with Crippen molar-refractivity contribution < 1.29 is 14.3 Å². The lowest BCUT2D eigenvalue weighted by atomic mass is 10.1. The number of nitrogens with zero attached hydrogens (tertiary/aromatic N) is 3. The molecule has 7 heteroatoms. The molecule has 1 saturated heterocycles. The Kier molecular flexibility index (Phi) is 5.63. The summed E-state index contributed by atoms with van der Waals surface area (Å²) in [5.41, 5.74) is 2.36. The summed E-state index contributed by atoms with van der Waals surface area (Å²) in [5.74, 6) is 0.498. The summed E-state index contributed by atoms with van der Waals surface area (Å²) in [4.78, 5) is 16.5. The van der Waals surface area contributed by atoms with Gasteiger partial charge >= 0.3 is 0 Å². The molecule has 0 saturated carbocycles. The summed E-state index contributed by atoms with van der Waals surface area (Å²) in [6.45, 7) is 1.95. The average molecular weight is 378 g/mol. The molecule has 0 spiro atoms. The van der Waals surface area contributed by atoms with Gasteiger partial charge in [-0.15, -0.1) is 0 Å². The second-order valence-electron chi connectivity index (χ2n) is 6.72. The van der Waals surface area contributed by atoms with Crippen LogP contribution in [0.2, 0.25) is 0 Å². The van der Waals surface area contributed by atoms with E-state index in [0.717, 1.165) is 30.7 Å². The molecule has 4 rings (SSSR count). The zero-order valence-electron chi connectivity index (χ0n) is 15.5. The summed E-state index contributed by atoms with van der Waals surface area (Å²) < 4.78 is 13.1. The van der Waals surface area contributed by atoms with Crippen LogP contribution in [0.25, 0.3) is 0 Å². The normalized spacial score (nSPS) is 16.1. The quantitative estimate of drug-likeness (QED) is 0.683. The fraction of sp³-hybridized carbons (Fsp3) is 0.286. The van der Waals surface area contributed by atoms with E-state index in [0.29, 0.717) is 24.5 Å². The molecule has 0 radical (unpaired) electrons. The van der Waals surface area contributed by atoms with Crippen molar-refractivity contribution >= 4 is 11.6 Å². The van der Waals surface area contributed by atoms with Crippen molar-refractivity contribution in [2.24, 2.45) is 0 Å². The molecule has 28 heavy (non-hydrogen) atoms. The van der Waals surface area contributed by atoms with Gasteiger partial charge in [-0.05, 0) is 48.7 Å². The van der Waals surface area contributed by atoms with E-state index in [1.54, 1.807) is 23.1 Å². The zero-order chi connectivity index (χ0) is 19.2. The number of anilines is 1. The van der Waals surface area contributed by atoms with Gasteiger partial charge in [0, 0.05) is 17.9 Å². The number of hydrogen-bond donors (Lipinski definition) is 1. The van der Waals surface area contributed by atoms with Gasteiger partial charge in [0.15, 0.2) is 0 Å². The van der Waals surface area contributed by atoms with Gasteiger partial charge in [-0.3, -0.25) is 4.79 Å². The number of carbonyl (C=O) groups excluding carboxylic acids is 1. The van der Waals surface area contributed by atoms with E-state index in [9.17, 15) is 4.79 Å². The lowest BCUT2D eigenvalue weighted by Gasteiger charge is -2.12. The maximum atomic E-state index is 12.6. The second-order valence-corrected chi connectivity index (χ2v) is 6.72. The SMILES string of the molecule is O=C(Nc1ccc(Cn2cncn2)cc1)c1cccc(OC[C@H]2CCCO2)c1. The van der Waals surface area contributed by atoms with Crippen LogP contribution in [0.15, 0.2) is 61.2 Å². The fourth-order valence-electron chi connectivity index (χ4n) is 3.09. The second kappa shape index (κ2) is 8.67. The predicted octanol–water partition coefficient (Wildman–Crippen LogP) is 3.14. The van der Waals surface area contributed by atoms with Gasteiger partial charge in [-0.2, -0.15) is 5.10 Å². The number of amides is 1. The first kappa shape index (κ1) is 18.2. The third-order valence-corrected chi connectivity index (χ3v) is 4.58. The third-order valence-electron chi connectivity index (χ3n) is 4.58. The lowest BCUT2D eigenvalue weighted by molar-refractivity contribution is 0.0679. The Bertz CT molecular complexity index is 904. The van der Waals surface area contributed by atoms with E-state index in [1.807, 2.05) is 36.4 Å². The predicted molar refractivity (Wildman–Crippen MR) is 104 cm³/mol. The molecule has 7 nitrogen and oxygen atoms in total. The highest BCUT2D eigenvalue weighted by atomic mass is 16.5. The van der Waals surface area contributed by atoms with Gasteiger partial charge in [0.1, 0.15) is 25.0 Å². The van der Waals surface area contributed by atoms with Gasteiger partial charge in [-0.1, -0.05) is 18.2 Å². The molecule has 2 aromatic carbocycles. The first-order chi connectivity index (χ1) is 13.8.